The molecule has 0 saturated carbocycles. The normalized spacial score (nSPS) is 14.6. The third-order valence-corrected chi connectivity index (χ3v) is 3.58. The number of hydrogen-bond acceptors (Lipinski definition) is 1. The predicted octanol–water partition coefficient (Wildman–Crippen LogP) is 4.47. The third kappa shape index (κ3) is 5.10. The molecule has 0 amide bonds. The van der Waals surface area contributed by atoms with Crippen molar-refractivity contribution in [3.63, 3.8) is 0 Å². The van der Waals surface area contributed by atoms with Gasteiger partial charge in [-0.25, -0.2) is 0 Å². The molecule has 1 rings (SSSR count). The van der Waals surface area contributed by atoms with Gasteiger partial charge in [-0.1, -0.05) is 50.9 Å². The molecule has 0 bridgehead atoms. The summed E-state index contributed by atoms with van der Waals surface area (Å²) in [6.45, 7) is 8.80. The molecule has 0 spiro atoms. The van der Waals surface area contributed by atoms with Gasteiger partial charge in [-0.15, -0.1) is 0 Å². The molecule has 0 radical (unpaired) electrons. The number of benzene rings is 1. The Kier molecular flexibility index (Phi) is 6.61. The minimum atomic E-state index is 0.573. The molecule has 2 atom stereocenters. The lowest BCUT2D eigenvalue weighted by molar-refractivity contribution is 0.438. The summed E-state index contributed by atoms with van der Waals surface area (Å²) in [7, 11) is 0. The van der Waals surface area contributed by atoms with Gasteiger partial charge in [-0.2, -0.15) is 0 Å². The number of likely N-dealkylation sites (N-methyl/N-ethyl adjacent to an activating group) is 1. The molecule has 0 aliphatic carbocycles. The monoisotopic (exact) mass is 253 g/mol. The Labute approximate surface area is 111 Å². The Morgan fingerprint density at radius 1 is 1.29 bits per heavy atom. The average Bonchev–Trinajstić information content (AvgIpc) is 2.34. The van der Waals surface area contributed by atoms with Gasteiger partial charge in [-0.3, -0.25) is 0 Å². The first-order valence-electron chi connectivity index (χ1n) is 6.63. The van der Waals surface area contributed by atoms with Crippen molar-refractivity contribution in [2.24, 2.45) is 5.92 Å². The van der Waals surface area contributed by atoms with Crippen LogP contribution in [0.3, 0.4) is 0 Å². The van der Waals surface area contributed by atoms with E-state index in [1.165, 1.54) is 18.4 Å². The Morgan fingerprint density at radius 3 is 2.65 bits per heavy atom. The molecule has 2 heteroatoms. The van der Waals surface area contributed by atoms with Crippen molar-refractivity contribution < 1.29 is 0 Å². The van der Waals surface area contributed by atoms with Gasteiger partial charge in [0.25, 0.3) is 0 Å². The zero-order valence-electron chi connectivity index (χ0n) is 11.2. The van der Waals surface area contributed by atoms with Crippen LogP contribution >= 0.6 is 11.6 Å². The van der Waals surface area contributed by atoms with Gasteiger partial charge < -0.3 is 5.32 Å². The summed E-state index contributed by atoms with van der Waals surface area (Å²) in [6.07, 6.45) is 2.47. The van der Waals surface area contributed by atoms with Crippen LogP contribution in [0, 0.1) is 5.92 Å². The van der Waals surface area contributed by atoms with E-state index in [4.69, 9.17) is 11.6 Å². The summed E-state index contributed by atoms with van der Waals surface area (Å²) in [5.74, 6) is 1.33. The Bertz CT molecular complexity index is 324. The van der Waals surface area contributed by atoms with E-state index in [9.17, 15) is 0 Å². The van der Waals surface area contributed by atoms with E-state index < -0.39 is 0 Å². The summed E-state index contributed by atoms with van der Waals surface area (Å²) < 4.78 is 0. The molecule has 2 unspecified atom stereocenters. The number of halogens is 1. The van der Waals surface area contributed by atoms with Crippen LogP contribution in [0.25, 0.3) is 0 Å². The van der Waals surface area contributed by atoms with Crippen LogP contribution in [-0.2, 0) is 0 Å². The summed E-state index contributed by atoms with van der Waals surface area (Å²) in [5.41, 5.74) is 1.36. The molecule has 0 heterocycles. The number of nitrogens with one attached hydrogen (secondary N) is 1. The average molecular weight is 254 g/mol. The minimum Gasteiger partial charge on any atom is -0.316 e. The van der Waals surface area contributed by atoms with E-state index in [1.54, 1.807) is 0 Å². The molecule has 0 fully saturated rings. The zero-order chi connectivity index (χ0) is 12.7. The van der Waals surface area contributed by atoms with Crippen LogP contribution in [0.2, 0.25) is 5.02 Å². The Balaban J connectivity index is 2.74. The van der Waals surface area contributed by atoms with Gasteiger partial charge in [-0.05, 0) is 42.5 Å². The molecular formula is C15H24ClN. The molecule has 1 nitrogen and oxygen atoms in total. The van der Waals surface area contributed by atoms with Crippen molar-refractivity contribution >= 4 is 11.6 Å². The molecule has 1 aromatic carbocycles. The first-order chi connectivity index (χ1) is 8.17. The highest BCUT2D eigenvalue weighted by molar-refractivity contribution is 6.30. The number of rotatable bonds is 7. The van der Waals surface area contributed by atoms with Crippen molar-refractivity contribution in [3.05, 3.63) is 34.9 Å². The van der Waals surface area contributed by atoms with Crippen LogP contribution in [-0.4, -0.2) is 13.1 Å². The summed E-state index contributed by atoms with van der Waals surface area (Å²) >= 11 is 6.07. The molecular weight excluding hydrogens is 230 g/mol. The van der Waals surface area contributed by atoms with Gasteiger partial charge in [0, 0.05) is 11.6 Å². The second-order valence-electron chi connectivity index (χ2n) is 4.81. The third-order valence-electron chi connectivity index (χ3n) is 3.34. The van der Waals surface area contributed by atoms with Crippen molar-refractivity contribution in [1.29, 1.82) is 0 Å². The maximum Gasteiger partial charge on any atom is 0.0408 e. The molecule has 1 aromatic rings. The Hall–Kier alpha value is -0.530. The quantitative estimate of drug-likeness (QED) is 0.756. The molecule has 96 valence electrons. The fraction of sp³-hybridized carbons (Fsp3) is 0.600. The van der Waals surface area contributed by atoms with E-state index in [1.807, 2.05) is 12.1 Å². The van der Waals surface area contributed by atoms with Gasteiger partial charge in [0.1, 0.15) is 0 Å². The summed E-state index contributed by atoms with van der Waals surface area (Å²) in [4.78, 5) is 0. The fourth-order valence-corrected chi connectivity index (χ4v) is 2.27. The van der Waals surface area contributed by atoms with Gasteiger partial charge in [0.2, 0.25) is 0 Å². The van der Waals surface area contributed by atoms with Gasteiger partial charge >= 0.3 is 0 Å². The van der Waals surface area contributed by atoms with Crippen LogP contribution < -0.4 is 5.32 Å². The maximum absolute atomic E-state index is 6.07. The standard InChI is InChI=1S/C15H24ClN/c1-4-12(3)9-14(11-17-5-2)13-7-6-8-15(16)10-13/h6-8,10,12,14,17H,4-5,9,11H2,1-3H3. The largest absolute Gasteiger partial charge is 0.316 e. The van der Waals surface area contributed by atoms with E-state index >= 15 is 0 Å². The lowest BCUT2D eigenvalue weighted by Gasteiger charge is -2.21. The van der Waals surface area contributed by atoms with E-state index in [0.29, 0.717) is 5.92 Å². The second-order valence-corrected chi connectivity index (χ2v) is 5.25. The maximum atomic E-state index is 6.07. The van der Waals surface area contributed by atoms with E-state index in [2.05, 4.69) is 38.2 Å². The first-order valence-corrected chi connectivity index (χ1v) is 7.01. The fourth-order valence-electron chi connectivity index (χ4n) is 2.07. The van der Waals surface area contributed by atoms with Gasteiger partial charge in [0.05, 0.1) is 0 Å². The summed E-state index contributed by atoms with van der Waals surface area (Å²) in [6, 6.07) is 8.29. The number of hydrogen-bond donors (Lipinski definition) is 1. The lowest BCUT2D eigenvalue weighted by Crippen LogP contribution is -2.22. The van der Waals surface area contributed by atoms with Crippen LogP contribution in [0.1, 0.15) is 45.1 Å². The molecule has 17 heavy (non-hydrogen) atoms. The highest BCUT2D eigenvalue weighted by Crippen LogP contribution is 2.26. The molecule has 0 saturated heterocycles. The van der Waals surface area contributed by atoms with Crippen molar-refractivity contribution in [3.8, 4) is 0 Å². The van der Waals surface area contributed by atoms with Crippen molar-refractivity contribution in [1.82, 2.24) is 5.32 Å². The van der Waals surface area contributed by atoms with Gasteiger partial charge in [0.15, 0.2) is 0 Å². The molecule has 0 aliphatic heterocycles. The van der Waals surface area contributed by atoms with Crippen LogP contribution in [0.4, 0.5) is 0 Å². The van der Waals surface area contributed by atoms with E-state index in [-0.39, 0.29) is 0 Å². The van der Waals surface area contributed by atoms with Crippen molar-refractivity contribution in [2.45, 2.75) is 39.5 Å². The first kappa shape index (κ1) is 14.5. The zero-order valence-corrected chi connectivity index (χ0v) is 11.9. The second kappa shape index (κ2) is 7.73. The Morgan fingerprint density at radius 2 is 2.06 bits per heavy atom. The highest BCUT2D eigenvalue weighted by Gasteiger charge is 2.14. The van der Waals surface area contributed by atoms with Crippen molar-refractivity contribution in [2.75, 3.05) is 13.1 Å². The molecule has 1 N–H and O–H groups in total. The predicted molar refractivity (Wildman–Crippen MR) is 76.8 cm³/mol. The minimum absolute atomic E-state index is 0.573. The highest BCUT2D eigenvalue weighted by atomic mass is 35.5. The van der Waals surface area contributed by atoms with E-state index in [0.717, 1.165) is 24.0 Å². The SMILES string of the molecule is CCNCC(CC(C)CC)c1cccc(Cl)c1. The smallest absolute Gasteiger partial charge is 0.0408 e. The lowest BCUT2D eigenvalue weighted by atomic mass is 9.88. The summed E-state index contributed by atoms with van der Waals surface area (Å²) in [5, 5.41) is 4.29. The van der Waals surface area contributed by atoms with Crippen LogP contribution in [0.15, 0.2) is 24.3 Å². The topological polar surface area (TPSA) is 12.0 Å². The molecule has 0 aromatic heterocycles. The van der Waals surface area contributed by atoms with Crippen LogP contribution in [0.5, 0.6) is 0 Å². The molecule has 0 aliphatic rings.